The number of nitrogens with zero attached hydrogens (tertiary/aromatic N) is 3. The van der Waals surface area contributed by atoms with Crippen LogP contribution in [0.2, 0.25) is 0 Å². The Morgan fingerprint density at radius 3 is 2.69 bits per heavy atom. The smallest absolute Gasteiger partial charge is 0.236 e. The third kappa shape index (κ3) is 4.59. The molecule has 0 aliphatic heterocycles. The van der Waals surface area contributed by atoms with E-state index in [1.54, 1.807) is 23.3 Å². The van der Waals surface area contributed by atoms with E-state index >= 15 is 0 Å². The summed E-state index contributed by atoms with van der Waals surface area (Å²) in [7, 11) is 5.42. The molecule has 6 heteroatoms. The third-order valence-corrected chi connectivity index (χ3v) is 5.15. The lowest BCUT2D eigenvalue weighted by Crippen LogP contribution is -2.36. The topological polar surface area (TPSA) is 45.7 Å². The van der Waals surface area contributed by atoms with Gasteiger partial charge in [0.2, 0.25) is 5.91 Å². The number of carbonyl (C=O) groups excluding carboxylic acids is 1. The SMILES string of the molecule is COc1cccc(CN(C)C(=O)CN(C)Cc2nc3ccccc3s2)c1. The highest BCUT2D eigenvalue weighted by Gasteiger charge is 2.14. The van der Waals surface area contributed by atoms with Gasteiger partial charge in [-0.3, -0.25) is 9.69 Å². The Kier molecular flexibility index (Phi) is 5.85. The molecule has 3 aromatic rings. The van der Waals surface area contributed by atoms with Gasteiger partial charge in [0, 0.05) is 13.6 Å². The standard InChI is InChI=1S/C20H23N3O2S/c1-22(13-19-21-17-9-4-5-10-18(17)26-19)14-20(24)23(2)12-15-7-6-8-16(11-15)25-3/h4-11H,12-14H2,1-3H3. The minimum Gasteiger partial charge on any atom is -0.497 e. The quantitative estimate of drug-likeness (QED) is 0.640. The van der Waals surface area contributed by atoms with Gasteiger partial charge in [-0.2, -0.15) is 0 Å². The summed E-state index contributed by atoms with van der Waals surface area (Å²) in [5.41, 5.74) is 2.07. The van der Waals surface area contributed by atoms with Crippen LogP contribution in [0.1, 0.15) is 10.6 Å². The molecule has 3 rings (SSSR count). The normalized spacial score (nSPS) is 11.1. The number of benzene rings is 2. The molecule has 0 N–H and O–H groups in total. The van der Waals surface area contributed by atoms with Crippen molar-refractivity contribution in [1.29, 1.82) is 0 Å². The highest BCUT2D eigenvalue weighted by molar-refractivity contribution is 7.18. The Morgan fingerprint density at radius 2 is 1.92 bits per heavy atom. The summed E-state index contributed by atoms with van der Waals surface area (Å²) >= 11 is 1.68. The number of fused-ring (bicyclic) bond motifs is 1. The van der Waals surface area contributed by atoms with E-state index in [1.807, 2.05) is 61.5 Å². The molecule has 0 saturated heterocycles. The van der Waals surface area contributed by atoms with Gasteiger partial charge in [0.05, 0.1) is 30.4 Å². The van der Waals surface area contributed by atoms with Crippen molar-refractivity contribution in [3.8, 4) is 5.75 Å². The number of methoxy groups -OCH3 is 1. The minimum atomic E-state index is 0.0800. The second-order valence-corrected chi connectivity index (χ2v) is 7.46. The number of hydrogen-bond donors (Lipinski definition) is 0. The van der Waals surface area contributed by atoms with E-state index in [-0.39, 0.29) is 5.91 Å². The lowest BCUT2D eigenvalue weighted by Gasteiger charge is -2.21. The summed E-state index contributed by atoms with van der Waals surface area (Å²) in [4.78, 5) is 20.9. The van der Waals surface area contributed by atoms with Crippen LogP contribution >= 0.6 is 11.3 Å². The summed E-state index contributed by atoms with van der Waals surface area (Å²) in [6, 6.07) is 15.9. The maximum atomic E-state index is 12.5. The molecule has 0 bridgehead atoms. The van der Waals surface area contributed by atoms with Crippen molar-refractivity contribution in [3.05, 3.63) is 59.1 Å². The summed E-state index contributed by atoms with van der Waals surface area (Å²) < 4.78 is 6.41. The van der Waals surface area contributed by atoms with Gasteiger partial charge in [0.1, 0.15) is 10.8 Å². The molecule has 0 fully saturated rings. The maximum absolute atomic E-state index is 12.5. The molecule has 0 radical (unpaired) electrons. The molecule has 26 heavy (non-hydrogen) atoms. The van der Waals surface area contributed by atoms with Gasteiger partial charge < -0.3 is 9.64 Å². The molecule has 2 aromatic carbocycles. The Balaban J connectivity index is 1.55. The Hall–Kier alpha value is -2.44. The zero-order valence-electron chi connectivity index (χ0n) is 15.3. The predicted octanol–water partition coefficient (Wildman–Crippen LogP) is 3.40. The first-order valence-corrected chi connectivity index (χ1v) is 9.26. The van der Waals surface area contributed by atoms with Gasteiger partial charge >= 0.3 is 0 Å². The van der Waals surface area contributed by atoms with Gasteiger partial charge in [0.15, 0.2) is 0 Å². The molecule has 0 saturated carbocycles. The van der Waals surface area contributed by atoms with Gasteiger partial charge in [-0.25, -0.2) is 4.98 Å². The fourth-order valence-corrected chi connectivity index (χ4v) is 3.81. The third-order valence-electron chi connectivity index (χ3n) is 4.13. The number of rotatable bonds is 7. The Bertz CT molecular complexity index is 860. The number of aromatic nitrogens is 1. The van der Waals surface area contributed by atoms with Crippen molar-refractivity contribution >= 4 is 27.5 Å². The second-order valence-electron chi connectivity index (χ2n) is 6.35. The first-order valence-electron chi connectivity index (χ1n) is 8.45. The summed E-state index contributed by atoms with van der Waals surface area (Å²) in [6.07, 6.45) is 0. The van der Waals surface area contributed by atoms with Crippen molar-refractivity contribution in [2.45, 2.75) is 13.1 Å². The maximum Gasteiger partial charge on any atom is 0.236 e. The van der Waals surface area contributed by atoms with Crippen molar-refractivity contribution in [2.75, 3.05) is 27.7 Å². The molecule has 1 aromatic heterocycles. The van der Waals surface area contributed by atoms with Crippen LogP contribution in [0.4, 0.5) is 0 Å². The van der Waals surface area contributed by atoms with E-state index in [1.165, 1.54) is 4.70 Å². The van der Waals surface area contributed by atoms with E-state index in [0.29, 0.717) is 19.6 Å². The van der Waals surface area contributed by atoms with Gasteiger partial charge in [-0.05, 0) is 36.9 Å². The van der Waals surface area contributed by atoms with E-state index in [0.717, 1.165) is 21.8 Å². The first-order chi connectivity index (χ1) is 12.5. The summed E-state index contributed by atoms with van der Waals surface area (Å²) in [5, 5.41) is 1.02. The van der Waals surface area contributed by atoms with Crippen molar-refractivity contribution in [2.24, 2.45) is 0 Å². The molecular formula is C20H23N3O2S. The highest BCUT2D eigenvalue weighted by atomic mass is 32.1. The monoisotopic (exact) mass is 369 g/mol. The van der Waals surface area contributed by atoms with Crippen LogP contribution in [-0.2, 0) is 17.9 Å². The van der Waals surface area contributed by atoms with Crippen molar-refractivity contribution in [3.63, 3.8) is 0 Å². The lowest BCUT2D eigenvalue weighted by molar-refractivity contribution is -0.131. The van der Waals surface area contributed by atoms with Gasteiger partial charge in [-0.15, -0.1) is 11.3 Å². The van der Waals surface area contributed by atoms with Crippen LogP contribution in [0.25, 0.3) is 10.2 Å². The van der Waals surface area contributed by atoms with Crippen LogP contribution in [-0.4, -0.2) is 48.4 Å². The van der Waals surface area contributed by atoms with Crippen LogP contribution in [0, 0.1) is 0 Å². The molecule has 0 unspecified atom stereocenters. The highest BCUT2D eigenvalue weighted by Crippen LogP contribution is 2.22. The first kappa shape index (κ1) is 18.4. The molecule has 5 nitrogen and oxygen atoms in total. The lowest BCUT2D eigenvalue weighted by atomic mass is 10.2. The van der Waals surface area contributed by atoms with Crippen LogP contribution in [0.15, 0.2) is 48.5 Å². The minimum absolute atomic E-state index is 0.0800. The molecule has 0 aliphatic carbocycles. The number of likely N-dealkylation sites (N-methyl/N-ethyl adjacent to an activating group) is 2. The summed E-state index contributed by atoms with van der Waals surface area (Å²) in [5.74, 6) is 0.882. The number of carbonyl (C=O) groups is 1. The van der Waals surface area contributed by atoms with E-state index in [4.69, 9.17) is 4.74 Å². The number of thiazole rings is 1. The molecular weight excluding hydrogens is 346 g/mol. The fraction of sp³-hybridized carbons (Fsp3) is 0.300. The van der Waals surface area contributed by atoms with Gasteiger partial charge in [-0.1, -0.05) is 24.3 Å². The molecule has 136 valence electrons. The molecule has 0 aliphatic rings. The number of amides is 1. The summed E-state index contributed by atoms with van der Waals surface area (Å²) in [6.45, 7) is 1.58. The average molecular weight is 369 g/mol. The zero-order valence-corrected chi connectivity index (χ0v) is 16.1. The van der Waals surface area contributed by atoms with Crippen LogP contribution in [0.5, 0.6) is 5.75 Å². The van der Waals surface area contributed by atoms with Crippen LogP contribution < -0.4 is 4.74 Å². The largest absolute Gasteiger partial charge is 0.497 e. The molecule has 0 spiro atoms. The number of para-hydroxylation sites is 1. The molecule has 1 amide bonds. The van der Waals surface area contributed by atoms with Crippen molar-refractivity contribution < 1.29 is 9.53 Å². The van der Waals surface area contributed by atoms with E-state index in [2.05, 4.69) is 11.1 Å². The Morgan fingerprint density at radius 1 is 1.12 bits per heavy atom. The van der Waals surface area contributed by atoms with E-state index in [9.17, 15) is 4.79 Å². The molecule has 1 heterocycles. The Labute approximate surface area is 157 Å². The zero-order chi connectivity index (χ0) is 18.5. The second kappa shape index (κ2) is 8.29. The van der Waals surface area contributed by atoms with E-state index < -0.39 is 0 Å². The van der Waals surface area contributed by atoms with Gasteiger partial charge in [0.25, 0.3) is 0 Å². The van der Waals surface area contributed by atoms with Crippen molar-refractivity contribution in [1.82, 2.24) is 14.8 Å². The predicted molar refractivity (Wildman–Crippen MR) is 105 cm³/mol. The molecule has 0 atom stereocenters. The number of hydrogen-bond acceptors (Lipinski definition) is 5. The van der Waals surface area contributed by atoms with Crippen LogP contribution in [0.3, 0.4) is 0 Å². The average Bonchev–Trinajstić information content (AvgIpc) is 3.03. The fourth-order valence-electron chi connectivity index (χ4n) is 2.76. The number of ether oxygens (including phenoxy) is 1.